The molecule has 6 heteroatoms. The van der Waals surface area contributed by atoms with E-state index in [-0.39, 0.29) is 17.0 Å². The van der Waals surface area contributed by atoms with Crippen LogP contribution in [-0.4, -0.2) is 31.1 Å². The molecule has 19 heavy (non-hydrogen) atoms. The maximum Gasteiger partial charge on any atom is 0.236 e. The summed E-state index contributed by atoms with van der Waals surface area (Å²) >= 11 is 5.77. The Bertz CT molecular complexity index is 481. The maximum atomic E-state index is 13.1. The van der Waals surface area contributed by atoms with E-state index in [0.717, 1.165) is 18.7 Å². The number of halogens is 2. The van der Waals surface area contributed by atoms with Gasteiger partial charge in [0.1, 0.15) is 5.82 Å². The molecule has 1 amide bonds. The first-order valence-electron chi connectivity index (χ1n) is 6.23. The predicted octanol–water partition coefficient (Wildman–Crippen LogP) is 1.52. The lowest BCUT2D eigenvalue weighted by molar-refractivity contribution is -0.122. The highest BCUT2D eigenvalue weighted by Gasteiger charge is 2.25. The van der Waals surface area contributed by atoms with Gasteiger partial charge in [-0.15, -0.1) is 0 Å². The molecule has 104 valence electrons. The number of carbonyl (C=O) groups excluding carboxylic acids is 1. The average Bonchev–Trinajstić information content (AvgIpc) is 2.81. The van der Waals surface area contributed by atoms with Crippen molar-refractivity contribution in [2.45, 2.75) is 25.4 Å². The molecule has 0 aromatic heterocycles. The van der Waals surface area contributed by atoms with Crippen LogP contribution in [0, 0.1) is 5.82 Å². The van der Waals surface area contributed by atoms with E-state index in [2.05, 4.69) is 10.2 Å². The van der Waals surface area contributed by atoms with Gasteiger partial charge in [-0.2, -0.15) is 0 Å². The first kappa shape index (κ1) is 14.1. The number of nitrogens with two attached hydrogens (primary N) is 1. The molecule has 1 aliphatic heterocycles. The Morgan fingerprint density at radius 3 is 3.00 bits per heavy atom. The molecule has 1 aliphatic rings. The van der Waals surface area contributed by atoms with Gasteiger partial charge in [-0.25, -0.2) is 4.39 Å². The lowest BCUT2D eigenvalue weighted by Crippen LogP contribution is -2.44. The molecule has 0 spiro atoms. The van der Waals surface area contributed by atoms with Gasteiger partial charge in [-0.3, -0.25) is 4.79 Å². The van der Waals surface area contributed by atoms with Gasteiger partial charge in [0.25, 0.3) is 0 Å². The van der Waals surface area contributed by atoms with Crippen LogP contribution in [0.1, 0.15) is 13.3 Å². The van der Waals surface area contributed by atoms with Crippen LogP contribution in [0.2, 0.25) is 5.02 Å². The standard InChI is InChI=1S/C13H17ClFN3O/c1-8(16)13(19)17-9-4-5-18(7-9)10-2-3-12(15)11(14)6-10/h2-3,6,8-9H,4-5,7,16H2,1H3,(H,17,19). The van der Waals surface area contributed by atoms with Crippen molar-refractivity contribution in [3.63, 3.8) is 0 Å². The molecule has 1 fully saturated rings. The van der Waals surface area contributed by atoms with Crippen LogP contribution in [0.5, 0.6) is 0 Å². The van der Waals surface area contributed by atoms with Gasteiger partial charge in [-0.05, 0) is 31.5 Å². The monoisotopic (exact) mass is 285 g/mol. The highest BCUT2D eigenvalue weighted by atomic mass is 35.5. The molecule has 2 rings (SSSR count). The minimum atomic E-state index is -0.505. The molecule has 0 saturated carbocycles. The quantitative estimate of drug-likeness (QED) is 0.885. The van der Waals surface area contributed by atoms with Crippen molar-refractivity contribution in [2.75, 3.05) is 18.0 Å². The molecule has 0 aliphatic carbocycles. The first-order valence-corrected chi connectivity index (χ1v) is 6.61. The largest absolute Gasteiger partial charge is 0.369 e. The van der Waals surface area contributed by atoms with Crippen LogP contribution in [0.15, 0.2) is 18.2 Å². The van der Waals surface area contributed by atoms with E-state index < -0.39 is 11.9 Å². The normalized spacial score (nSPS) is 20.4. The van der Waals surface area contributed by atoms with Crippen LogP contribution in [0.3, 0.4) is 0 Å². The molecular weight excluding hydrogens is 269 g/mol. The Kier molecular flexibility index (Phi) is 4.27. The van der Waals surface area contributed by atoms with E-state index in [0.29, 0.717) is 6.54 Å². The van der Waals surface area contributed by atoms with Crippen molar-refractivity contribution in [3.8, 4) is 0 Å². The Morgan fingerprint density at radius 1 is 1.63 bits per heavy atom. The molecule has 4 nitrogen and oxygen atoms in total. The Hall–Kier alpha value is -1.33. The van der Waals surface area contributed by atoms with Crippen molar-refractivity contribution in [1.82, 2.24) is 5.32 Å². The number of rotatable bonds is 3. The van der Waals surface area contributed by atoms with Gasteiger partial charge in [0, 0.05) is 24.8 Å². The second-order valence-corrected chi connectivity index (χ2v) is 5.23. The summed E-state index contributed by atoms with van der Waals surface area (Å²) in [6.45, 7) is 3.13. The van der Waals surface area contributed by atoms with Crippen LogP contribution in [0.25, 0.3) is 0 Å². The number of amides is 1. The highest BCUT2D eigenvalue weighted by molar-refractivity contribution is 6.31. The molecule has 1 heterocycles. The van der Waals surface area contributed by atoms with Crippen molar-refractivity contribution >= 4 is 23.2 Å². The average molecular weight is 286 g/mol. The Labute approximate surface area is 116 Å². The number of nitrogens with one attached hydrogen (secondary N) is 1. The van der Waals surface area contributed by atoms with E-state index in [4.69, 9.17) is 17.3 Å². The van der Waals surface area contributed by atoms with E-state index in [1.165, 1.54) is 6.07 Å². The zero-order valence-electron chi connectivity index (χ0n) is 10.7. The van der Waals surface area contributed by atoms with Gasteiger partial charge in [0.05, 0.1) is 11.1 Å². The second kappa shape index (κ2) is 5.75. The van der Waals surface area contributed by atoms with Crippen molar-refractivity contribution in [3.05, 3.63) is 29.0 Å². The topological polar surface area (TPSA) is 58.4 Å². The van der Waals surface area contributed by atoms with E-state index in [9.17, 15) is 9.18 Å². The van der Waals surface area contributed by atoms with E-state index in [1.54, 1.807) is 19.1 Å². The number of benzene rings is 1. The molecule has 2 unspecified atom stereocenters. The molecule has 1 aromatic rings. The van der Waals surface area contributed by atoms with Crippen LogP contribution < -0.4 is 16.0 Å². The Balaban J connectivity index is 1.98. The lowest BCUT2D eigenvalue weighted by atomic mass is 10.2. The first-order chi connectivity index (χ1) is 8.97. The molecule has 1 aromatic carbocycles. The van der Waals surface area contributed by atoms with Gasteiger partial charge in [0.15, 0.2) is 0 Å². The van der Waals surface area contributed by atoms with E-state index in [1.807, 2.05) is 0 Å². The molecule has 0 radical (unpaired) electrons. The second-order valence-electron chi connectivity index (χ2n) is 4.83. The SMILES string of the molecule is CC(N)C(=O)NC1CCN(c2ccc(F)c(Cl)c2)C1. The maximum absolute atomic E-state index is 13.1. The fraction of sp³-hybridized carbons (Fsp3) is 0.462. The molecule has 1 saturated heterocycles. The molecule has 2 atom stereocenters. The number of nitrogens with zero attached hydrogens (tertiary/aromatic N) is 1. The van der Waals surface area contributed by atoms with Crippen molar-refractivity contribution in [1.29, 1.82) is 0 Å². The number of hydrogen-bond donors (Lipinski definition) is 2. The molecule has 3 N–H and O–H groups in total. The fourth-order valence-electron chi connectivity index (χ4n) is 2.13. The number of hydrogen-bond acceptors (Lipinski definition) is 3. The van der Waals surface area contributed by atoms with Crippen molar-refractivity contribution < 1.29 is 9.18 Å². The van der Waals surface area contributed by atoms with E-state index >= 15 is 0 Å². The van der Waals surface area contributed by atoms with Crippen molar-refractivity contribution in [2.24, 2.45) is 5.73 Å². The smallest absolute Gasteiger partial charge is 0.236 e. The summed E-state index contributed by atoms with van der Waals surface area (Å²) in [6, 6.07) is 4.21. The summed E-state index contributed by atoms with van der Waals surface area (Å²) in [4.78, 5) is 13.6. The summed E-state index contributed by atoms with van der Waals surface area (Å²) in [5.41, 5.74) is 6.38. The summed E-state index contributed by atoms with van der Waals surface area (Å²) in [6.07, 6.45) is 0.841. The summed E-state index contributed by atoms with van der Waals surface area (Å²) in [5.74, 6) is -0.574. The zero-order valence-corrected chi connectivity index (χ0v) is 11.5. The molecular formula is C13H17ClFN3O. The zero-order chi connectivity index (χ0) is 14.0. The predicted molar refractivity (Wildman–Crippen MR) is 73.8 cm³/mol. The van der Waals surface area contributed by atoms with Crippen LogP contribution in [0.4, 0.5) is 10.1 Å². The van der Waals surface area contributed by atoms with Gasteiger partial charge >= 0.3 is 0 Å². The van der Waals surface area contributed by atoms with Crippen LogP contribution >= 0.6 is 11.6 Å². The minimum Gasteiger partial charge on any atom is -0.369 e. The van der Waals surface area contributed by atoms with Crippen LogP contribution in [-0.2, 0) is 4.79 Å². The number of anilines is 1. The minimum absolute atomic E-state index is 0.0716. The fourth-order valence-corrected chi connectivity index (χ4v) is 2.30. The highest BCUT2D eigenvalue weighted by Crippen LogP contribution is 2.25. The summed E-state index contributed by atoms with van der Waals surface area (Å²) in [5, 5.41) is 3.00. The third-order valence-electron chi connectivity index (χ3n) is 3.22. The third-order valence-corrected chi connectivity index (χ3v) is 3.51. The number of carbonyl (C=O) groups is 1. The summed E-state index contributed by atoms with van der Waals surface area (Å²) in [7, 11) is 0. The lowest BCUT2D eigenvalue weighted by Gasteiger charge is -2.20. The van der Waals surface area contributed by atoms with Gasteiger partial charge in [-0.1, -0.05) is 11.6 Å². The third kappa shape index (κ3) is 3.36. The van der Waals surface area contributed by atoms with Gasteiger partial charge < -0.3 is 16.0 Å². The Morgan fingerprint density at radius 2 is 2.37 bits per heavy atom. The van der Waals surface area contributed by atoms with Gasteiger partial charge in [0.2, 0.25) is 5.91 Å². The summed E-state index contributed by atoms with van der Waals surface area (Å²) < 4.78 is 13.1. The molecule has 0 bridgehead atoms.